The van der Waals surface area contributed by atoms with E-state index in [0.29, 0.717) is 43.1 Å². The van der Waals surface area contributed by atoms with Crippen LogP contribution in [0.25, 0.3) is 0 Å². The highest BCUT2D eigenvalue weighted by Gasteiger charge is 2.27. The summed E-state index contributed by atoms with van der Waals surface area (Å²) in [5.74, 6) is 0.824. The van der Waals surface area contributed by atoms with Crippen molar-refractivity contribution in [3.8, 4) is 11.5 Å². The Bertz CT molecular complexity index is 815. The first kappa shape index (κ1) is 18.3. The molecule has 26 heavy (non-hydrogen) atoms. The fourth-order valence-corrected chi connectivity index (χ4v) is 3.04. The molecule has 0 saturated carbocycles. The van der Waals surface area contributed by atoms with E-state index >= 15 is 0 Å². The van der Waals surface area contributed by atoms with Gasteiger partial charge in [-0.2, -0.15) is 0 Å². The van der Waals surface area contributed by atoms with Gasteiger partial charge in [-0.15, -0.1) is 0 Å². The second-order valence-electron chi connectivity index (χ2n) is 6.15. The van der Waals surface area contributed by atoms with Gasteiger partial charge in [-0.3, -0.25) is 14.6 Å². The van der Waals surface area contributed by atoms with E-state index in [1.165, 1.54) is 11.0 Å². The summed E-state index contributed by atoms with van der Waals surface area (Å²) < 4.78 is 24.9. The van der Waals surface area contributed by atoms with Crippen molar-refractivity contribution >= 4 is 24.9 Å². The molecule has 0 unspecified atom stereocenters. The van der Waals surface area contributed by atoms with E-state index in [0.717, 1.165) is 5.56 Å². The molecule has 2 aromatic rings. The maximum absolute atomic E-state index is 14.2. The fraction of sp³-hybridized carbons (Fsp3) is 0.316. The van der Waals surface area contributed by atoms with Crippen molar-refractivity contribution in [2.75, 3.05) is 32.3 Å². The lowest BCUT2D eigenvalue weighted by Gasteiger charge is -2.35. The van der Waals surface area contributed by atoms with Crippen molar-refractivity contribution < 1.29 is 18.7 Å². The highest BCUT2D eigenvalue weighted by atomic mass is 19.1. The van der Waals surface area contributed by atoms with Gasteiger partial charge < -0.3 is 9.47 Å². The van der Waals surface area contributed by atoms with Crippen LogP contribution in [0.2, 0.25) is 0 Å². The standard InChI is InChI=1S/C19H20BFN2O3/c1-25-15-5-3-13(18(10-15)26-2)11-22-8-7-19(24)23(12-22)17-6-4-14(20)9-16(17)21/h3-6,9-10H,7-8,11-12H2,1-2H3. The van der Waals surface area contributed by atoms with Crippen LogP contribution in [0, 0.1) is 5.82 Å². The normalized spacial score (nSPS) is 15.2. The van der Waals surface area contributed by atoms with Gasteiger partial charge in [0, 0.05) is 31.1 Å². The number of hydrogen-bond acceptors (Lipinski definition) is 4. The number of anilines is 1. The van der Waals surface area contributed by atoms with Crippen LogP contribution < -0.4 is 19.8 Å². The lowest BCUT2D eigenvalue weighted by Crippen LogP contribution is -2.48. The maximum atomic E-state index is 14.2. The first-order chi connectivity index (χ1) is 12.5. The Balaban J connectivity index is 1.79. The van der Waals surface area contributed by atoms with E-state index in [4.69, 9.17) is 17.3 Å². The van der Waals surface area contributed by atoms with Gasteiger partial charge in [0.25, 0.3) is 0 Å². The van der Waals surface area contributed by atoms with E-state index in [1.807, 2.05) is 18.2 Å². The fourth-order valence-electron chi connectivity index (χ4n) is 3.04. The number of carbonyl (C=O) groups excluding carboxylic acids is 1. The smallest absolute Gasteiger partial charge is 0.229 e. The predicted octanol–water partition coefficient (Wildman–Crippen LogP) is 1.83. The number of nitrogens with zero attached hydrogens (tertiary/aromatic N) is 2. The number of benzene rings is 2. The van der Waals surface area contributed by atoms with E-state index in [1.54, 1.807) is 26.4 Å². The largest absolute Gasteiger partial charge is 0.497 e. The van der Waals surface area contributed by atoms with Gasteiger partial charge in [0.05, 0.1) is 26.6 Å². The molecule has 1 aliphatic heterocycles. The molecule has 0 aliphatic carbocycles. The molecule has 3 rings (SSSR count). The Morgan fingerprint density at radius 1 is 1.15 bits per heavy atom. The molecule has 134 valence electrons. The third-order valence-electron chi connectivity index (χ3n) is 4.44. The van der Waals surface area contributed by atoms with Crippen molar-refractivity contribution in [3.63, 3.8) is 0 Å². The van der Waals surface area contributed by atoms with Gasteiger partial charge in [-0.1, -0.05) is 17.6 Å². The average Bonchev–Trinajstić information content (AvgIpc) is 2.64. The molecule has 0 spiro atoms. The zero-order chi connectivity index (χ0) is 18.7. The van der Waals surface area contributed by atoms with Crippen molar-refractivity contribution in [2.24, 2.45) is 0 Å². The lowest BCUT2D eigenvalue weighted by molar-refractivity contribution is -0.121. The molecule has 0 atom stereocenters. The van der Waals surface area contributed by atoms with Gasteiger partial charge in [0.2, 0.25) is 5.91 Å². The lowest BCUT2D eigenvalue weighted by atomic mass is 9.96. The Morgan fingerprint density at radius 3 is 2.65 bits per heavy atom. The summed E-state index contributed by atoms with van der Waals surface area (Å²) in [6, 6.07) is 9.99. The molecule has 1 heterocycles. The third kappa shape index (κ3) is 3.83. The highest BCUT2D eigenvalue weighted by Crippen LogP contribution is 2.28. The van der Waals surface area contributed by atoms with E-state index in [9.17, 15) is 9.18 Å². The van der Waals surface area contributed by atoms with Gasteiger partial charge in [-0.05, 0) is 18.2 Å². The molecule has 0 bridgehead atoms. The molecular weight excluding hydrogens is 334 g/mol. The first-order valence-electron chi connectivity index (χ1n) is 8.30. The number of halogens is 1. The van der Waals surface area contributed by atoms with Crippen LogP contribution in [0.5, 0.6) is 11.5 Å². The minimum Gasteiger partial charge on any atom is -0.497 e. The van der Waals surface area contributed by atoms with Crippen molar-refractivity contribution in [1.29, 1.82) is 0 Å². The quantitative estimate of drug-likeness (QED) is 0.769. The number of carbonyl (C=O) groups is 1. The Hall–Kier alpha value is -2.54. The first-order valence-corrected chi connectivity index (χ1v) is 8.30. The molecule has 1 saturated heterocycles. The van der Waals surface area contributed by atoms with Crippen LogP contribution in [0.15, 0.2) is 36.4 Å². The summed E-state index contributed by atoms with van der Waals surface area (Å²) in [6.45, 7) is 1.48. The SMILES string of the molecule is [B]c1ccc(N2CN(Cc3ccc(OC)cc3OC)CCC2=O)c(F)c1. The Labute approximate surface area is 153 Å². The monoisotopic (exact) mass is 354 g/mol. The van der Waals surface area contributed by atoms with E-state index < -0.39 is 5.82 Å². The van der Waals surface area contributed by atoms with Crippen LogP contribution in [0.1, 0.15) is 12.0 Å². The van der Waals surface area contributed by atoms with E-state index in [-0.39, 0.29) is 11.6 Å². The van der Waals surface area contributed by atoms with Gasteiger partial charge in [0.1, 0.15) is 25.2 Å². The van der Waals surface area contributed by atoms with Crippen LogP contribution in [0.4, 0.5) is 10.1 Å². The number of amides is 1. The molecule has 2 aromatic carbocycles. The zero-order valence-corrected chi connectivity index (χ0v) is 14.9. The molecule has 7 heteroatoms. The summed E-state index contributed by atoms with van der Waals surface area (Å²) in [5.41, 5.74) is 1.55. The predicted molar refractivity (Wildman–Crippen MR) is 98.7 cm³/mol. The highest BCUT2D eigenvalue weighted by molar-refractivity contribution is 6.32. The van der Waals surface area contributed by atoms with Crippen molar-refractivity contribution in [2.45, 2.75) is 13.0 Å². The van der Waals surface area contributed by atoms with Crippen LogP contribution in [0.3, 0.4) is 0 Å². The topological polar surface area (TPSA) is 42.0 Å². The number of rotatable bonds is 5. The summed E-state index contributed by atoms with van der Waals surface area (Å²) in [6.07, 6.45) is 0.322. The van der Waals surface area contributed by atoms with E-state index in [2.05, 4.69) is 4.90 Å². The van der Waals surface area contributed by atoms with Gasteiger partial charge in [0.15, 0.2) is 0 Å². The van der Waals surface area contributed by atoms with Crippen LogP contribution in [-0.2, 0) is 11.3 Å². The second kappa shape index (κ2) is 7.78. The second-order valence-corrected chi connectivity index (χ2v) is 6.15. The molecule has 1 amide bonds. The minimum atomic E-state index is -0.498. The Morgan fingerprint density at radius 2 is 1.96 bits per heavy atom. The van der Waals surface area contributed by atoms with Gasteiger partial charge in [-0.25, -0.2) is 4.39 Å². The third-order valence-corrected chi connectivity index (χ3v) is 4.44. The summed E-state index contributed by atoms with van der Waals surface area (Å²) in [7, 11) is 8.80. The molecule has 5 nitrogen and oxygen atoms in total. The number of ether oxygens (including phenoxy) is 2. The van der Waals surface area contributed by atoms with Crippen molar-refractivity contribution in [3.05, 3.63) is 47.8 Å². The minimum absolute atomic E-state index is 0.105. The number of methoxy groups -OCH3 is 2. The molecule has 2 radical (unpaired) electrons. The summed E-state index contributed by atoms with van der Waals surface area (Å²) >= 11 is 0. The molecule has 1 aliphatic rings. The van der Waals surface area contributed by atoms with Crippen molar-refractivity contribution in [1.82, 2.24) is 4.90 Å². The molecular formula is C19H20BFN2O3. The van der Waals surface area contributed by atoms with Gasteiger partial charge >= 0.3 is 0 Å². The molecule has 0 N–H and O–H groups in total. The molecule has 0 aromatic heterocycles. The molecule has 1 fully saturated rings. The summed E-state index contributed by atoms with van der Waals surface area (Å²) in [5, 5.41) is 0. The van der Waals surface area contributed by atoms with Crippen LogP contribution in [-0.4, -0.2) is 46.1 Å². The Kier molecular flexibility index (Phi) is 5.47. The summed E-state index contributed by atoms with van der Waals surface area (Å²) in [4.78, 5) is 15.8. The average molecular weight is 354 g/mol. The maximum Gasteiger partial charge on any atom is 0.229 e. The zero-order valence-electron chi connectivity index (χ0n) is 14.9. The number of hydrogen-bond donors (Lipinski definition) is 0. The van der Waals surface area contributed by atoms with Crippen LogP contribution >= 0.6 is 0 Å².